The van der Waals surface area contributed by atoms with Gasteiger partial charge in [-0.3, -0.25) is 9.69 Å². The van der Waals surface area contributed by atoms with Crippen molar-refractivity contribution in [3.63, 3.8) is 0 Å². The van der Waals surface area contributed by atoms with Gasteiger partial charge >= 0.3 is 5.97 Å². The molecular weight excluding hydrogens is 288 g/mol. The molecule has 2 N–H and O–H groups in total. The summed E-state index contributed by atoms with van der Waals surface area (Å²) < 4.78 is 5.01. The van der Waals surface area contributed by atoms with Gasteiger partial charge in [0.1, 0.15) is 0 Å². The average Bonchev–Trinajstić information content (AvgIpc) is 2.41. The van der Waals surface area contributed by atoms with E-state index in [9.17, 15) is 4.79 Å². The highest BCUT2D eigenvalue weighted by atomic mass is 35.5. The van der Waals surface area contributed by atoms with Crippen molar-refractivity contribution < 1.29 is 9.53 Å². The van der Waals surface area contributed by atoms with Gasteiger partial charge in [-0.25, -0.2) is 0 Å². The van der Waals surface area contributed by atoms with Crippen LogP contribution in [0.3, 0.4) is 0 Å². The summed E-state index contributed by atoms with van der Waals surface area (Å²) in [4.78, 5) is 13.7. The lowest BCUT2D eigenvalue weighted by molar-refractivity contribution is -0.144. The van der Waals surface area contributed by atoms with Crippen LogP contribution >= 0.6 is 11.6 Å². The SMILES string of the molecule is CCOC(=O)CN1CC(N)CC(Cc2ccc(Cl)cc2)C1. The number of carbonyl (C=O) groups is 1. The summed E-state index contributed by atoms with van der Waals surface area (Å²) >= 11 is 5.91. The van der Waals surface area contributed by atoms with Gasteiger partial charge in [-0.2, -0.15) is 0 Å². The summed E-state index contributed by atoms with van der Waals surface area (Å²) in [7, 11) is 0. The first-order chi connectivity index (χ1) is 10.1. The molecule has 116 valence electrons. The zero-order valence-electron chi connectivity index (χ0n) is 12.4. The second kappa shape index (κ2) is 7.78. The van der Waals surface area contributed by atoms with Crippen LogP contribution in [0.15, 0.2) is 24.3 Å². The maximum atomic E-state index is 11.6. The zero-order valence-corrected chi connectivity index (χ0v) is 13.2. The number of piperidine rings is 1. The van der Waals surface area contributed by atoms with Crippen LogP contribution in [0, 0.1) is 5.92 Å². The minimum atomic E-state index is -0.170. The van der Waals surface area contributed by atoms with Gasteiger partial charge in [-0.1, -0.05) is 23.7 Å². The summed E-state index contributed by atoms with van der Waals surface area (Å²) in [5.74, 6) is 0.293. The summed E-state index contributed by atoms with van der Waals surface area (Å²) in [5, 5.41) is 0.753. The number of nitrogens with zero attached hydrogens (tertiary/aromatic N) is 1. The molecule has 5 heteroatoms. The minimum Gasteiger partial charge on any atom is -0.465 e. The van der Waals surface area contributed by atoms with Gasteiger partial charge in [0.25, 0.3) is 0 Å². The first kappa shape index (κ1) is 16.3. The number of ether oxygens (including phenoxy) is 1. The van der Waals surface area contributed by atoms with E-state index in [4.69, 9.17) is 22.1 Å². The molecule has 0 radical (unpaired) electrons. The molecule has 2 atom stereocenters. The smallest absolute Gasteiger partial charge is 0.320 e. The van der Waals surface area contributed by atoms with Gasteiger partial charge in [0.15, 0.2) is 0 Å². The molecule has 0 amide bonds. The molecule has 2 unspecified atom stereocenters. The molecule has 0 aromatic heterocycles. The fraction of sp³-hybridized carbons (Fsp3) is 0.562. The van der Waals surface area contributed by atoms with Crippen molar-refractivity contribution in [3.8, 4) is 0 Å². The fourth-order valence-corrected chi connectivity index (χ4v) is 3.09. The molecule has 21 heavy (non-hydrogen) atoms. The van der Waals surface area contributed by atoms with E-state index in [1.165, 1.54) is 5.56 Å². The lowest BCUT2D eigenvalue weighted by Crippen LogP contribution is -2.49. The van der Waals surface area contributed by atoms with Crippen LogP contribution in [-0.2, 0) is 16.0 Å². The van der Waals surface area contributed by atoms with Crippen molar-refractivity contribution >= 4 is 17.6 Å². The fourth-order valence-electron chi connectivity index (χ4n) is 2.97. The van der Waals surface area contributed by atoms with Gasteiger partial charge < -0.3 is 10.5 Å². The van der Waals surface area contributed by atoms with E-state index in [2.05, 4.69) is 17.0 Å². The van der Waals surface area contributed by atoms with Gasteiger partial charge in [0.05, 0.1) is 13.2 Å². The Labute approximate surface area is 131 Å². The highest BCUT2D eigenvalue weighted by Gasteiger charge is 2.26. The lowest BCUT2D eigenvalue weighted by atomic mass is 9.89. The second-order valence-corrected chi connectivity index (χ2v) is 6.13. The standard InChI is InChI=1S/C16H23ClN2O2/c1-2-21-16(20)11-19-9-13(8-15(18)10-19)7-12-3-5-14(17)6-4-12/h3-6,13,15H,2,7-11,18H2,1H3. The predicted molar refractivity (Wildman–Crippen MR) is 84.3 cm³/mol. The van der Waals surface area contributed by atoms with E-state index < -0.39 is 0 Å². The van der Waals surface area contributed by atoms with Crippen LogP contribution in [-0.4, -0.2) is 43.2 Å². The minimum absolute atomic E-state index is 0.116. The van der Waals surface area contributed by atoms with Gasteiger partial charge in [0, 0.05) is 24.2 Å². The van der Waals surface area contributed by atoms with Crippen molar-refractivity contribution in [1.29, 1.82) is 0 Å². The molecular formula is C16H23ClN2O2. The van der Waals surface area contributed by atoms with E-state index >= 15 is 0 Å². The van der Waals surface area contributed by atoms with E-state index in [-0.39, 0.29) is 12.0 Å². The average molecular weight is 311 g/mol. The van der Waals surface area contributed by atoms with E-state index in [1.54, 1.807) is 0 Å². The van der Waals surface area contributed by atoms with E-state index in [0.717, 1.165) is 31.0 Å². The van der Waals surface area contributed by atoms with Crippen molar-refractivity contribution in [3.05, 3.63) is 34.9 Å². The van der Waals surface area contributed by atoms with Crippen molar-refractivity contribution in [2.75, 3.05) is 26.2 Å². The number of carbonyl (C=O) groups excluding carboxylic acids is 1. The molecule has 1 saturated heterocycles. The normalized spacial score (nSPS) is 23.0. The molecule has 4 nitrogen and oxygen atoms in total. The molecule has 1 aliphatic rings. The molecule has 0 saturated carbocycles. The number of halogens is 1. The van der Waals surface area contributed by atoms with E-state index in [1.807, 2.05) is 19.1 Å². The Bertz CT molecular complexity index is 464. The van der Waals surface area contributed by atoms with Crippen molar-refractivity contribution in [2.45, 2.75) is 25.8 Å². The second-order valence-electron chi connectivity index (χ2n) is 5.69. The summed E-state index contributed by atoms with van der Waals surface area (Å²) in [6.07, 6.45) is 1.95. The molecule has 1 aromatic carbocycles. The number of benzene rings is 1. The zero-order chi connectivity index (χ0) is 15.2. The summed E-state index contributed by atoms with van der Waals surface area (Å²) in [5.41, 5.74) is 7.39. The number of rotatable bonds is 5. The van der Waals surface area contributed by atoms with Crippen LogP contribution in [0.25, 0.3) is 0 Å². The summed E-state index contributed by atoms with van der Waals surface area (Å²) in [6, 6.07) is 8.05. The maximum absolute atomic E-state index is 11.6. The molecule has 1 heterocycles. The number of hydrogen-bond donors (Lipinski definition) is 1. The predicted octanol–water partition coefficient (Wildman–Crippen LogP) is 2.09. The largest absolute Gasteiger partial charge is 0.465 e. The van der Waals surface area contributed by atoms with Crippen LogP contribution in [0.5, 0.6) is 0 Å². The highest BCUT2D eigenvalue weighted by Crippen LogP contribution is 2.21. The van der Waals surface area contributed by atoms with Crippen molar-refractivity contribution in [2.24, 2.45) is 11.7 Å². The van der Waals surface area contributed by atoms with Crippen LogP contribution in [0.2, 0.25) is 5.02 Å². The monoisotopic (exact) mass is 310 g/mol. The molecule has 1 aliphatic heterocycles. The van der Waals surface area contributed by atoms with Crippen LogP contribution in [0.4, 0.5) is 0 Å². The number of hydrogen-bond acceptors (Lipinski definition) is 4. The van der Waals surface area contributed by atoms with Crippen LogP contribution < -0.4 is 5.73 Å². The first-order valence-electron chi connectivity index (χ1n) is 7.44. The molecule has 1 fully saturated rings. The third-order valence-electron chi connectivity index (χ3n) is 3.74. The Kier molecular flexibility index (Phi) is 6.03. The Morgan fingerprint density at radius 1 is 1.38 bits per heavy atom. The Morgan fingerprint density at radius 3 is 2.76 bits per heavy atom. The maximum Gasteiger partial charge on any atom is 0.320 e. The number of nitrogens with two attached hydrogens (primary N) is 1. The van der Waals surface area contributed by atoms with E-state index in [0.29, 0.717) is 19.1 Å². The molecule has 2 rings (SSSR count). The molecule has 0 aliphatic carbocycles. The van der Waals surface area contributed by atoms with Crippen LogP contribution in [0.1, 0.15) is 18.9 Å². The first-order valence-corrected chi connectivity index (χ1v) is 7.82. The Morgan fingerprint density at radius 2 is 2.10 bits per heavy atom. The van der Waals surface area contributed by atoms with Gasteiger partial charge in [0.2, 0.25) is 0 Å². The molecule has 0 bridgehead atoms. The highest BCUT2D eigenvalue weighted by molar-refractivity contribution is 6.30. The quantitative estimate of drug-likeness (QED) is 0.846. The summed E-state index contributed by atoms with van der Waals surface area (Å²) in [6.45, 7) is 4.22. The third-order valence-corrected chi connectivity index (χ3v) is 3.99. The van der Waals surface area contributed by atoms with Gasteiger partial charge in [-0.05, 0) is 43.4 Å². The third kappa shape index (κ3) is 5.30. The topological polar surface area (TPSA) is 55.6 Å². The van der Waals surface area contributed by atoms with Crippen molar-refractivity contribution in [1.82, 2.24) is 4.90 Å². The number of esters is 1. The molecule has 0 spiro atoms. The Balaban J connectivity index is 1.90. The Hall–Kier alpha value is -1.10. The lowest BCUT2D eigenvalue weighted by Gasteiger charge is -2.35. The molecule has 1 aromatic rings. The number of likely N-dealkylation sites (tertiary alicyclic amines) is 1. The van der Waals surface area contributed by atoms with Gasteiger partial charge in [-0.15, -0.1) is 0 Å².